The molecule has 2 amide bonds. The molecular formula is C29H33ClN4O8. The van der Waals surface area contributed by atoms with Crippen molar-refractivity contribution in [2.75, 3.05) is 33.5 Å². The SMILES string of the molecule is C#CCOc1c(Cl)cc(/C=N\N[C@@H](O)COc2ccc([C@H]3NC(=O)NC(C)=C3C(=O)OC)cc2OCC)cc1OCC. The molecule has 0 aliphatic carbocycles. The predicted molar refractivity (Wildman–Crippen MR) is 156 cm³/mol. The van der Waals surface area contributed by atoms with Crippen molar-refractivity contribution in [2.24, 2.45) is 5.10 Å². The molecule has 0 bridgehead atoms. The fraction of sp³-hybridized carbons (Fsp3) is 0.345. The Morgan fingerprint density at radius 1 is 1.17 bits per heavy atom. The number of aliphatic hydroxyl groups is 1. The number of nitrogens with one attached hydrogen (secondary N) is 3. The molecule has 1 aliphatic heterocycles. The Morgan fingerprint density at radius 2 is 1.90 bits per heavy atom. The van der Waals surface area contributed by atoms with E-state index in [4.69, 9.17) is 41.7 Å². The van der Waals surface area contributed by atoms with Gasteiger partial charge in [0.1, 0.15) is 13.2 Å². The molecule has 0 fully saturated rings. The van der Waals surface area contributed by atoms with Gasteiger partial charge in [0.15, 0.2) is 29.2 Å². The fourth-order valence-electron chi connectivity index (χ4n) is 4.00. The number of amides is 2. The second-order valence-corrected chi connectivity index (χ2v) is 9.08. The number of esters is 1. The molecule has 0 aromatic heterocycles. The summed E-state index contributed by atoms with van der Waals surface area (Å²) in [5, 5.41) is 20.0. The standard InChI is InChI=1S/C29H33ClN4O8/c1-6-11-41-27-20(30)12-18(13-23(27)40-8-3)15-31-34-24(35)16-42-21-10-9-19(14-22(21)39-7-2)26-25(28(36)38-5)17(4)32-29(37)33-26/h1,9-10,12-15,24,26,34-35H,7-8,11,16H2,2-5H3,(H2,32,33,37)/b31-15-/t24-,26+/m0/s1. The van der Waals surface area contributed by atoms with Crippen LogP contribution in [-0.4, -0.2) is 63.1 Å². The Kier molecular flexibility index (Phi) is 11.7. The Morgan fingerprint density at radius 3 is 2.60 bits per heavy atom. The summed E-state index contributed by atoms with van der Waals surface area (Å²) < 4.78 is 27.5. The van der Waals surface area contributed by atoms with Gasteiger partial charge in [-0.25, -0.2) is 9.59 Å². The summed E-state index contributed by atoms with van der Waals surface area (Å²) in [6.07, 6.45) is 5.53. The number of methoxy groups -OCH3 is 1. The molecule has 0 spiro atoms. The molecule has 4 N–H and O–H groups in total. The van der Waals surface area contributed by atoms with Gasteiger partial charge in [0.25, 0.3) is 0 Å². The first-order valence-electron chi connectivity index (χ1n) is 13.0. The molecule has 0 saturated carbocycles. The highest BCUT2D eigenvalue weighted by Gasteiger charge is 2.32. The Labute approximate surface area is 248 Å². The molecule has 1 aliphatic rings. The lowest BCUT2D eigenvalue weighted by molar-refractivity contribution is -0.136. The molecular weight excluding hydrogens is 568 g/mol. The smallest absolute Gasteiger partial charge is 0.337 e. The number of hydrogen-bond acceptors (Lipinski definition) is 10. The molecule has 0 unspecified atom stereocenters. The predicted octanol–water partition coefficient (Wildman–Crippen LogP) is 3.27. The van der Waals surface area contributed by atoms with Crippen LogP contribution in [0.2, 0.25) is 5.02 Å². The topological polar surface area (TPSA) is 149 Å². The number of terminal acetylenes is 1. The van der Waals surface area contributed by atoms with E-state index in [1.54, 1.807) is 44.2 Å². The quantitative estimate of drug-likeness (QED) is 0.0842. The van der Waals surface area contributed by atoms with Crippen LogP contribution in [0.25, 0.3) is 0 Å². The van der Waals surface area contributed by atoms with Crippen LogP contribution in [0, 0.1) is 12.3 Å². The van der Waals surface area contributed by atoms with E-state index >= 15 is 0 Å². The molecule has 0 radical (unpaired) electrons. The zero-order chi connectivity index (χ0) is 30.6. The second kappa shape index (κ2) is 15.4. The highest BCUT2D eigenvalue weighted by molar-refractivity contribution is 6.32. The number of allylic oxidation sites excluding steroid dienone is 1. The van der Waals surface area contributed by atoms with Crippen molar-refractivity contribution in [3.63, 3.8) is 0 Å². The van der Waals surface area contributed by atoms with Gasteiger partial charge in [-0.05, 0) is 56.2 Å². The fourth-order valence-corrected chi connectivity index (χ4v) is 4.27. The Balaban J connectivity index is 1.69. The third kappa shape index (κ3) is 8.22. The maximum absolute atomic E-state index is 12.4. The summed E-state index contributed by atoms with van der Waals surface area (Å²) in [6.45, 7) is 5.80. The van der Waals surface area contributed by atoms with E-state index < -0.39 is 24.3 Å². The van der Waals surface area contributed by atoms with Gasteiger partial charge in [-0.3, -0.25) is 5.43 Å². The van der Waals surface area contributed by atoms with Crippen molar-refractivity contribution in [1.29, 1.82) is 0 Å². The molecule has 2 aromatic carbocycles. The molecule has 2 aromatic rings. The van der Waals surface area contributed by atoms with Crippen LogP contribution in [0.3, 0.4) is 0 Å². The highest BCUT2D eigenvalue weighted by atomic mass is 35.5. The third-order valence-electron chi connectivity index (χ3n) is 5.74. The highest BCUT2D eigenvalue weighted by Crippen LogP contribution is 2.37. The number of hydrazone groups is 1. The van der Waals surface area contributed by atoms with E-state index in [1.807, 2.05) is 6.92 Å². The van der Waals surface area contributed by atoms with Crippen molar-refractivity contribution < 1.29 is 38.4 Å². The van der Waals surface area contributed by atoms with Crippen LogP contribution in [0.4, 0.5) is 4.79 Å². The van der Waals surface area contributed by atoms with Crippen molar-refractivity contribution >= 4 is 29.8 Å². The molecule has 12 nitrogen and oxygen atoms in total. The molecule has 42 heavy (non-hydrogen) atoms. The van der Waals surface area contributed by atoms with Gasteiger partial charge in [-0.2, -0.15) is 5.10 Å². The number of urea groups is 1. The van der Waals surface area contributed by atoms with Gasteiger partial charge in [0.05, 0.1) is 43.2 Å². The summed E-state index contributed by atoms with van der Waals surface area (Å²) in [5.74, 6) is 3.23. The molecule has 13 heteroatoms. The van der Waals surface area contributed by atoms with Gasteiger partial charge >= 0.3 is 12.0 Å². The van der Waals surface area contributed by atoms with Crippen molar-refractivity contribution in [3.05, 3.63) is 57.8 Å². The molecule has 224 valence electrons. The van der Waals surface area contributed by atoms with Crippen LogP contribution in [0.1, 0.15) is 37.9 Å². The van der Waals surface area contributed by atoms with Crippen molar-refractivity contribution in [2.45, 2.75) is 33.0 Å². The van der Waals surface area contributed by atoms with Crippen LogP contribution >= 0.6 is 11.6 Å². The molecule has 2 atom stereocenters. The summed E-state index contributed by atoms with van der Waals surface area (Å²) in [6, 6.07) is 7.03. The maximum Gasteiger partial charge on any atom is 0.337 e. The number of nitrogens with zero attached hydrogens (tertiary/aromatic N) is 1. The van der Waals surface area contributed by atoms with Gasteiger partial charge in [-0.1, -0.05) is 23.6 Å². The van der Waals surface area contributed by atoms with E-state index in [0.29, 0.717) is 58.1 Å². The Bertz CT molecular complexity index is 1390. The van der Waals surface area contributed by atoms with Crippen molar-refractivity contribution in [1.82, 2.24) is 16.1 Å². The van der Waals surface area contributed by atoms with Gasteiger partial charge in [0, 0.05) is 5.70 Å². The van der Waals surface area contributed by atoms with E-state index in [-0.39, 0.29) is 18.8 Å². The van der Waals surface area contributed by atoms with Crippen LogP contribution in [-0.2, 0) is 9.53 Å². The molecule has 3 rings (SSSR count). The minimum absolute atomic E-state index is 0.0363. The summed E-state index contributed by atoms with van der Waals surface area (Å²) in [5.41, 5.74) is 4.38. The number of hydrogen-bond donors (Lipinski definition) is 4. The van der Waals surface area contributed by atoms with E-state index in [2.05, 4.69) is 27.1 Å². The number of carbonyl (C=O) groups is 2. The number of halogens is 1. The van der Waals surface area contributed by atoms with Crippen LogP contribution in [0.5, 0.6) is 23.0 Å². The first-order chi connectivity index (χ1) is 20.2. The summed E-state index contributed by atoms with van der Waals surface area (Å²) >= 11 is 6.33. The normalized spacial score (nSPS) is 15.3. The first kappa shape index (κ1) is 31.9. The van der Waals surface area contributed by atoms with Crippen molar-refractivity contribution in [3.8, 4) is 35.3 Å². The minimum Gasteiger partial charge on any atom is -0.490 e. The summed E-state index contributed by atoms with van der Waals surface area (Å²) in [4.78, 5) is 24.5. The van der Waals surface area contributed by atoms with Gasteiger partial charge in [0.2, 0.25) is 0 Å². The second-order valence-electron chi connectivity index (χ2n) is 8.67. The van der Waals surface area contributed by atoms with E-state index in [0.717, 1.165) is 0 Å². The number of benzene rings is 2. The van der Waals surface area contributed by atoms with Crippen LogP contribution in [0.15, 0.2) is 46.7 Å². The molecule has 0 saturated heterocycles. The van der Waals surface area contributed by atoms with Gasteiger partial charge < -0.3 is 39.4 Å². The number of carbonyl (C=O) groups excluding carboxylic acids is 2. The monoisotopic (exact) mass is 600 g/mol. The third-order valence-corrected chi connectivity index (χ3v) is 6.02. The van der Waals surface area contributed by atoms with E-state index in [1.165, 1.54) is 13.3 Å². The summed E-state index contributed by atoms with van der Waals surface area (Å²) in [7, 11) is 1.27. The lowest BCUT2D eigenvalue weighted by atomic mass is 9.95. The van der Waals surface area contributed by atoms with Crippen LogP contribution < -0.4 is 35.0 Å². The Hall–Kier alpha value is -4.60. The lowest BCUT2D eigenvalue weighted by Crippen LogP contribution is -2.45. The average molecular weight is 601 g/mol. The maximum atomic E-state index is 12.4. The number of rotatable bonds is 14. The molecule has 1 heterocycles. The first-order valence-corrected chi connectivity index (χ1v) is 13.3. The van der Waals surface area contributed by atoms with Gasteiger partial charge in [-0.15, -0.1) is 6.42 Å². The zero-order valence-corrected chi connectivity index (χ0v) is 24.4. The largest absolute Gasteiger partial charge is 0.490 e. The average Bonchev–Trinajstić information content (AvgIpc) is 2.95. The minimum atomic E-state index is -1.18. The lowest BCUT2D eigenvalue weighted by Gasteiger charge is -2.28. The zero-order valence-electron chi connectivity index (χ0n) is 23.7. The van der Waals surface area contributed by atoms with E-state index in [9.17, 15) is 14.7 Å². The number of ether oxygens (including phenoxy) is 5. The number of aliphatic hydroxyl groups excluding tert-OH is 1.